The molecule has 2 fully saturated rings. The number of hydrogen-bond donors (Lipinski definition) is 0. The topological polar surface area (TPSA) is 78.0 Å². The lowest BCUT2D eigenvalue weighted by atomic mass is 10.1. The molecule has 0 aromatic carbocycles. The summed E-state index contributed by atoms with van der Waals surface area (Å²) >= 11 is 2.65. The summed E-state index contributed by atoms with van der Waals surface area (Å²) in [4.78, 5) is 30.8. The number of aryl methyl sites for hydroxylation is 1. The number of thiophene rings is 2. The molecule has 0 unspecified atom stereocenters. The number of piperazine rings is 1. The van der Waals surface area contributed by atoms with Crippen molar-refractivity contribution in [2.45, 2.75) is 30.0 Å². The molecule has 10 heteroatoms. The van der Waals surface area contributed by atoms with Gasteiger partial charge in [-0.1, -0.05) is 6.07 Å². The minimum absolute atomic E-state index is 0.0728. The van der Waals surface area contributed by atoms with Gasteiger partial charge in [0.2, 0.25) is 5.91 Å². The van der Waals surface area contributed by atoms with Gasteiger partial charge in [0, 0.05) is 37.6 Å². The molecular weight excluding hydrogens is 430 g/mol. The zero-order valence-electron chi connectivity index (χ0n) is 16.1. The molecule has 2 saturated heterocycles. The molecule has 7 nitrogen and oxygen atoms in total. The summed E-state index contributed by atoms with van der Waals surface area (Å²) in [5, 5.41) is 1.86. The van der Waals surface area contributed by atoms with Gasteiger partial charge >= 0.3 is 0 Å². The summed E-state index contributed by atoms with van der Waals surface area (Å²) in [5.74, 6) is -0.165. The first-order valence-corrected chi connectivity index (χ1v) is 12.7. The van der Waals surface area contributed by atoms with Crippen LogP contribution in [0.2, 0.25) is 0 Å². The second kappa shape index (κ2) is 8.17. The molecule has 0 bridgehead atoms. The number of sulfonamides is 1. The van der Waals surface area contributed by atoms with Gasteiger partial charge in [0.1, 0.15) is 10.3 Å². The number of nitrogens with zero attached hydrogens (tertiary/aromatic N) is 3. The highest BCUT2D eigenvalue weighted by atomic mass is 32.2. The second-order valence-corrected chi connectivity index (χ2v) is 11.6. The van der Waals surface area contributed by atoms with Crippen molar-refractivity contribution in [3.05, 3.63) is 39.4 Å². The molecule has 2 aliphatic rings. The standard InChI is InChI=1S/C19H23N3O4S3/c1-14-6-7-17(28-14)29(25,26)21-11-9-20(10-12-21)18(23)15-4-2-8-22(15)19(24)16-5-3-13-27-16/h3,5-7,13,15H,2,4,8-12H2,1H3/t15-/m0/s1. The van der Waals surface area contributed by atoms with Crippen LogP contribution in [-0.2, 0) is 14.8 Å². The maximum absolute atomic E-state index is 13.1. The van der Waals surface area contributed by atoms with E-state index in [1.807, 2.05) is 18.4 Å². The van der Waals surface area contributed by atoms with Gasteiger partial charge in [0.05, 0.1) is 4.88 Å². The van der Waals surface area contributed by atoms with Gasteiger partial charge in [-0.25, -0.2) is 8.42 Å². The molecule has 4 heterocycles. The van der Waals surface area contributed by atoms with Crippen LogP contribution in [0.25, 0.3) is 0 Å². The Morgan fingerprint density at radius 2 is 1.83 bits per heavy atom. The van der Waals surface area contributed by atoms with Crippen molar-refractivity contribution in [3.8, 4) is 0 Å². The second-order valence-electron chi connectivity index (χ2n) is 7.23. The van der Waals surface area contributed by atoms with Gasteiger partial charge in [-0.05, 0) is 43.3 Å². The lowest BCUT2D eigenvalue weighted by Gasteiger charge is -2.36. The number of carbonyl (C=O) groups excluding carboxylic acids is 2. The van der Waals surface area contributed by atoms with E-state index in [0.717, 1.165) is 11.3 Å². The molecule has 2 aromatic heterocycles. The maximum atomic E-state index is 13.1. The van der Waals surface area contributed by atoms with E-state index in [1.54, 1.807) is 28.0 Å². The Bertz CT molecular complexity index is 992. The summed E-state index contributed by atoms with van der Waals surface area (Å²) in [6, 6.07) is 6.60. The molecule has 0 N–H and O–H groups in total. The monoisotopic (exact) mass is 453 g/mol. The van der Waals surface area contributed by atoms with E-state index >= 15 is 0 Å². The van der Waals surface area contributed by atoms with Crippen molar-refractivity contribution in [1.29, 1.82) is 0 Å². The fourth-order valence-electron chi connectivity index (χ4n) is 3.85. The SMILES string of the molecule is Cc1ccc(S(=O)(=O)N2CCN(C(=O)[C@@H]3CCCN3C(=O)c3cccs3)CC2)s1. The third-order valence-corrected chi connectivity index (χ3v) is 9.62. The van der Waals surface area contributed by atoms with Gasteiger partial charge in [-0.15, -0.1) is 22.7 Å². The molecule has 0 saturated carbocycles. The van der Waals surface area contributed by atoms with E-state index in [-0.39, 0.29) is 24.9 Å². The Labute approximate surface area is 178 Å². The molecule has 4 rings (SSSR count). The van der Waals surface area contributed by atoms with Crippen LogP contribution in [-0.4, -0.2) is 73.1 Å². The molecular formula is C19H23N3O4S3. The van der Waals surface area contributed by atoms with Crippen LogP contribution in [0.5, 0.6) is 0 Å². The average molecular weight is 454 g/mol. The highest BCUT2D eigenvalue weighted by molar-refractivity contribution is 7.91. The third-order valence-electron chi connectivity index (χ3n) is 5.39. The van der Waals surface area contributed by atoms with Crippen molar-refractivity contribution in [3.63, 3.8) is 0 Å². The molecule has 1 atom stereocenters. The fourth-order valence-corrected chi connectivity index (χ4v) is 7.38. The number of amides is 2. The lowest BCUT2D eigenvalue weighted by Crippen LogP contribution is -2.55. The van der Waals surface area contributed by atoms with Gasteiger partial charge in [-0.2, -0.15) is 4.31 Å². The minimum atomic E-state index is -3.51. The zero-order valence-corrected chi connectivity index (χ0v) is 18.6. The summed E-state index contributed by atoms with van der Waals surface area (Å²) in [6.45, 7) is 3.71. The van der Waals surface area contributed by atoms with Crippen LogP contribution < -0.4 is 0 Å². The van der Waals surface area contributed by atoms with E-state index in [0.29, 0.717) is 35.1 Å². The van der Waals surface area contributed by atoms with E-state index in [9.17, 15) is 18.0 Å². The number of carbonyl (C=O) groups is 2. The molecule has 0 aliphatic carbocycles. The molecule has 2 aromatic rings. The van der Waals surface area contributed by atoms with Crippen LogP contribution in [0, 0.1) is 6.92 Å². The molecule has 0 radical (unpaired) electrons. The molecule has 156 valence electrons. The smallest absolute Gasteiger partial charge is 0.264 e. The van der Waals surface area contributed by atoms with E-state index < -0.39 is 16.1 Å². The van der Waals surface area contributed by atoms with Crippen molar-refractivity contribution in [2.24, 2.45) is 0 Å². The first-order valence-electron chi connectivity index (χ1n) is 9.58. The Morgan fingerprint density at radius 3 is 2.45 bits per heavy atom. The van der Waals surface area contributed by atoms with E-state index in [1.165, 1.54) is 27.0 Å². The van der Waals surface area contributed by atoms with E-state index in [2.05, 4.69) is 0 Å². The van der Waals surface area contributed by atoms with Crippen LogP contribution >= 0.6 is 22.7 Å². The Balaban J connectivity index is 1.40. The largest absolute Gasteiger partial charge is 0.338 e. The third kappa shape index (κ3) is 3.98. The van der Waals surface area contributed by atoms with Crippen molar-refractivity contribution < 1.29 is 18.0 Å². The Morgan fingerprint density at radius 1 is 1.07 bits per heavy atom. The maximum Gasteiger partial charge on any atom is 0.264 e. The molecule has 2 aliphatic heterocycles. The summed E-state index contributed by atoms with van der Waals surface area (Å²) in [6.07, 6.45) is 1.46. The van der Waals surface area contributed by atoms with Crippen molar-refractivity contribution in [2.75, 3.05) is 32.7 Å². The zero-order chi connectivity index (χ0) is 20.6. The Hall–Kier alpha value is -1.75. The van der Waals surface area contributed by atoms with Crippen molar-refractivity contribution in [1.82, 2.24) is 14.1 Å². The van der Waals surface area contributed by atoms with Gasteiger partial charge in [0.15, 0.2) is 0 Å². The molecule has 29 heavy (non-hydrogen) atoms. The van der Waals surface area contributed by atoms with Gasteiger partial charge in [-0.3, -0.25) is 9.59 Å². The average Bonchev–Trinajstić information content (AvgIpc) is 3.48. The molecule has 0 spiro atoms. The van der Waals surface area contributed by atoms with Crippen LogP contribution in [0.15, 0.2) is 33.9 Å². The van der Waals surface area contributed by atoms with E-state index in [4.69, 9.17) is 0 Å². The van der Waals surface area contributed by atoms with Gasteiger partial charge in [0.25, 0.3) is 15.9 Å². The fraction of sp³-hybridized carbons (Fsp3) is 0.474. The summed E-state index contributed by atoms with van der Waals surface area (Å²) < 4.78 is 27.4. The quantitative estimate of drug-likeness (QED) is 0.711. The van der Waals surface area contributed by atoms with Crippen molar-refractivity contribution >= 4 is 44.5 Å². The first kappa shape index (κ1) is 20.5. The highest BCUT2D eigenvalue weighted by Crippen LogP contribution is 2.27. The van der Waals surface area contributed by atoms with Crippen LogP contribution in [0.4, 0.5) is 0 Å². The Kier molecular flexibility index (Phi) is 5.78. The first-order chi connectivity index (χ1) is 13.9. The number of rotatable bonds is 4. The number of likely N-dealkylation sites (tertiary alicyclic amines) is 1. The summed E-state index contributed by atoms with van der Waals surface area (Å²) in [5.41, 5.74) is 0. The predicted octanol–water partition coefficient (Wildman–Crippen LogP) is 2.26. The minimum Gasteiger partial charge on any atom is -0.338 e. The molecule has 2 amide bonds. The highest BCUT2D eigenvalue weighted by Gasteiger charge is 2.39. The summed E-state index contributed by atoms with van der Waals surface area (Å²) in [7, 11) is -3.51. The normalized spacial score (nSPS) is 20.9. The van der Waals surface area contributed by atoms with Crippen LogP contribution in [0.3, 0.4) is 0 Å². The lowest BCUT2D eigenvalue weighted by molar-refractivity contribution is -0.136. The predicted molar refractivity (Wildman–Crippen MR) is 113 cm³/mol. The van der Waals surface area contributed by atoms with Crippen LogP contribution in [0.1, 0.15) is 27.4 Å². The number of hydrogen-bond acceptors (Lipinski definition) is 6. The van der Waals surface area contributed by atoms with Gasteiger partial charge < -0.3 is 9.80 Å².